The van der Waals surface area contributed by atoms with Crippen molar-refractivity contribution in [3.05, 3.63) is 18.4 Å². The van der Waals surface area contributed by atoms with E-state index in [0.717, 1.165) is 19.4 Å². The standard InChI is InChI=1S/C14H18N4O3S/c1-15-12(19)9-22-14-17-16-13(11-5-3-7-21-11)18(14)8-10-4-2-6-20-10/h3,5,7,10H,2,4,6,8-9H2,1H3,(H,15,19)/t10-/m0/s1. The lowest BCUT2D eigenvalue weighted by atomic mass is 10.2. The number of ether oxygens (including phenoxy) is 1. The van der Waals surface area contributed by atoms with Crippen LogP contribution in [0.2, 0.25) is 0 Å². The summed E-state index contributed by atoms with van der Waals surface area (Å²) in [6.45, 7) is 1.46. The van der Waals surface area contributed by atoms with Crippen LogP contribution in [0.5, 0.6) is 0 Å². The zero-order chi connectivity index (χ0) is 15.4. The van der Waals surface area contributed by atoms with Gasteiger partial charge in [-0.1, -0.05) is 11.8 Å². The van der Waals surface area contributed by atoms with Crippen LogP contribution < -0.4 is 5.32 Å². The van der Waals surface area contributed by atoms with Gasteiger partial charge in [-0.3, -0.25) is 9.36 Å². The van der Waals surface area contributed by atoms with Crippen molar-refractivity contribution in [2.45, 2.75) is 30.6 Å². The first-order valence-corrected chi connectivity index (χ1v) is 8.18. The second-order valence-electron chi connectivity index (χ2n) is 4.99. The highest BCUT2D eigenvalue weighted by Gasteiger charge is 2.23. The van der Waals surface area contributed by atoms with Crippen molar-refractivity contribution in [2.24, 2.45) is 0 Å². The number of hydrogen-bond acceptors (Lipinski definition) is 6. The normalized spacial score (nSPS) is 17.8. The van der Waals surface area contributed by atoms with Gasteiger partial charge in [0.2, 0.25) is 11.7 Å². The Kier molecular flexibility index (Phi) is 4.79. The molecule has 0 aliphatic carbocycles. The minimum absolute atomic E-state index is 0.0452. The third-order valence-electron chi connectivity index (χ3n) is 3.48. The van der Waals surface area contributed by atoms with Crippen LogP contribution in [-0.2, 0) is 16.1 Å². The van der Waals surface area contributed by atoms with E-state index < -0.39 is 0 Å². The molecular formula is C14H18N4O3S. The molecule has 0 radical (unpaired) electrons. The molecule has 0 unspecified atom stereocenters. The van der Waals surface area contributed by atoms with Crippen molar-refractivity contribution in [3.8, 4) is 11.6 Å². The Morgan fingerprint density at radius 1 is 1.55 bits per heavy atom. The lowest BCUT2D eigenvalue weighted by Crippen LogP contribution is -2.21. The second kappa shape index (κ2) is 6.97. The minimum atomic E-state index is -0.0452. The molecule has 8 heteroatoms. The predicted molar refractivity (Wildman–Crippen MR) is 81.5 cm³/mol. The number of thioether (sulfide) groups is 1. The highest BCUT2D eigenvalue weighted by atomic mass is 32.2. The number of nitrogens with zero attached hydrogens (tertiary/aromatic N) is 3. The fourth-order valence-corrected chi connectivity index (χ4v) is 3.16. The molecule has 0 spiro atoms. The largest absolute Gasteiger partial charge is 0.461 e. The van der Waals surface area contributed by atoms with E-state index in [1.165, 1.54) is 11.8 Å². The van der Waals surface area contributed by atoms with Gasteiger partial charge < -0.3 is 14.5 Å². The molecule has 1 aliphatic rings. The molecule has 1 saturated heterocycles. The maximum absolute atomic E-state index is 11.4. The van der Waals surface area contributed by atoms with E-state index in [0.29, 0.717) is 29.0 Å². The van der Waals surface area contributed by atoms with E-state index in [1.54, 1.807) is 13.3 Å². The molecule has 0 aromatic carbocycles. The number of carbonyl (C=O) groups excluding carboxylic acids is 1. The highest BCUT2D eigenvalue weighted by Crippen LogP contribution is 2.26. The summed E-state index contributed by atoms with van der Waals surface area (Å²) in [4.78, 5) is 11.4. The molecule has 0 bridgehead atoms. The van der Waals surface area contributed by atoms with Crippen LogP contribution in [0.1, 0.15) is 12.8 Å². The van der Waals surface area contributed by atoms with Crippen LogP contribution >= 0.6 is 11.8 Å². The van der Waals surface area contributed by atoms with Crippen molar-refractivity contribution < 1.29 is 13.9 Å². The summed E-state index contributed by atoms with van der Waals surface area (Å²) >= 11 is 1.36. The molecule has 3 rings (SSSR count). The monoisotopic (exact) mass is 322 g/mol. The maximum Gasteiger partial charge on any atom is 0.230 e. The average Bonchev–Trinajstić information content (AvgIpc) is 3.27. The van der Waals surface area contributed by atoms with E-state index in [4.69, 9.17) is 9.15 Å². The first-order chi connectivity index (χ1) is 10.8. The number of carbonyl (C=O) groups is 1. The molecule has 7 nitrogen and oxygen atoms in total. The van der Waals surface area contributed by atoms with Gasteiger partial charge in [0, 0.05) is 13.7 Å². The Morgan fingerprint density at radius 2 is 2.45 bits per heavy atom. The van der Waals surface area contributed by atoms with Gasteiger partial charge in [-0.2, -0.15) is 0 Å². The van der Waals surface area contributed by atoms with E-state index in [-0.39, 0.29) is 12.0 Å². The van der Waals surface area contributed by atoms with Gasteiger partial charge in [0.25, 0.3) is 0 Å². The molecule has 3 heterocycles. The molecule has 1 atom stereocenters. The van der Waals surface area contributed by atoms with Crippen LogP contribution in [0.15, 0.2) is 28.0 Å². The average molecular weight is 322 g/mol. The molecule has 22 heavy (non-hydrogen) atoms. The maximum atomic E-state index is 11.4. The Morgan fingerprint density at radius 3 is 3.14 bits per heavy atom. The van der Waals surface area contributed by atoms with Crippen molar-refractivity contribution in [2.75, 3.05) is 19.4 Å². The summed E-state index contributed by atoms with van der Waals surface area (Å²) < 4.78 is 13.1. The number of hydrogen-bond donors (Lipinski definition) is 1. The molecule has 1 N–H and O–H groups in total. The van der Waals surface area contributed by atoms with Gasteiger partial charge in [-0.25, -0.2) is 0 Å². The van der Waals surface area contributed by atoms with Crippen LogP contribution in [0.25, 0.3) is 11.6 Å². The zero-order valence-electron chi connectivity index (χ0n) is 12.3. The Labute approximate surface area is 132 Å². The molecule has 1 amide bonds. The lowest BCUT2D eigenvalue weighted by Gasteiger charge is -2.13. The third kappa shape index (κ3) is 3.33. The van der Waals surface area contributed by atoms with Gasteiger partial charge in [0.05, 0.1) is 24.7 Å². The summed E-state index contributed by atoms with van der Waals surface area (Å²) in [5, 5.41) is 11.7. The summed E-state index contributed by atoms with van der Waals surface area (Å²) in [5.74, 6) is 1.59. The van der Waals surface area contributed by atoms with Crippen molar-refractivity contribution >= 4 is 17.7 Å². The first kappa shape index (κ1) is 15.1. The van der Waals surface area contributed by atoms with Gasteiger partial charge in [0.15, 0.2) is 10.9 Å². The minimum Gasteiger partial charge on any atom is -0.461 e. The van der Waals surface area contributed by atoms with Gasteiger partial charge >= 0.3 is 0 Å². The number of rotatable bonds is 6. The summed E-state index contributed by atoms with van der Waals surface area (Å²) in [5.41, 5.74) is 0. The quantitative estimate of drug-likeness (QED) is 0.813. The molecule has 118 valence electrons. The fraction of sp³-hybridized carbons (Fsp3) is 0.500. The van der Waals surface area contributed by atoms with Crippen LogP contribution in [0.4, 0.5) is 0 Å². The van der Waals surface area contributed by atoms with Crippen LogP contribution in [-0.4, -0.2) is 46.2 Å². The Hall–Kier alpha value is -1.80. The van der Waals surface area contributed by atoms with E-state index in [2.05, 4.69) is 15.5 Å². The Balaban J connectivity index is 1.83. The topological polar surface area (TPSA) is 82.2 Å². The van der Waals surface area contributed by atoms with Gasteiger partial charge in [-0.15, -0.1) is 10.2 Å². The Bertz CT molecular complexity index is 620. The molecule has 2 aromatic rings. The lowest BCUT2D eigenvalue weighted by molar-refractivity contribution is -0.118. The van der Waals surface area contributed by atoms with Crippen molar-refractivity contribution in [1.82, 2.24) is 20.1 Å². The van der Waals surface area contributed by atoms with Gasteiger partial charge in [0.1, 0.15) is 0 Å². The molecule has 2 aromatic heterocycles. The molecule has 0 saturated carbocycles. The third-order valence-corrected chi connectivity index (χ3v) is 4.45. The summed E-state index contributed by atoms with van der Waals surface area (Å²) in [7, 11) is 1.62. The molecule has 1 aliphatic heterocycles. The van der Waals surface area contributed by atoms with E-state index >= 15 is 0 Å². The highest BCUT2D eigenvalue weighted by molar-refractivity contribution is 7.99. The number of amides is 1. The summed E-state index contributed by atoms with van der Waals surface area (Å²) in [6, 6.07) is 3.67. The predicted octanol–water partition coefficient (Wildman–Crippen LogP) is 1.56. The van der Waals surface area contributed by atoms with Crippen molar-refractivity contribution in [1.29, 1.82) is 0 Å². The fourth-order valence-electron chi connectivity index (χ4n) is 2.34. The van der Waals surface area contributed by atoms with E-state index in [9.17, 15) is 4.79 Å². The number of aromatic nitrogens is 3. The molecule has 1 fully saturated rings. The van der Waals surface area contributed by atoms with Crippen LogP contribution in [0.3, 0.4) is 0 Å². The summed E-state index contributed by atoms with van der Waals surface area (Å²) in [6.07, 6.45) is 3.86. The number of nitrogens with one attached hydrogen (secondary N) is 1. The van der Waals surface area contributed by atoms with Gasteiger partial charge in [-0.05, 0) is 25.0 Å². The van der Waals surface area contributed by atoms with E-state index in [1.807, 2.05) is 16.7 Å². The van der Waals surface area contributed by atoms with Crippen LogP contribution in [0, 0.1) is 0 Å². The first-order valence-electron chi connectivity index (χ1n) is 7.20. The smallest absolute Gasteiger partial charge is 0.230 e. The zero-order valence-corrected chi connectivity index (χ0v) is 13.1. The van der Waals surface area contributed by atoms with Crippen molar-refractivity contribution in [3.63, 3.8) is 0 Å². The SMILES string of the molecule is CNC(=O)CSc1nnc(-c2ccco2)n1C[C@@H]1CCCO1. The number of furan rings is 1. The molecular weight excluding hydrogens is 304 g/mol. The second-order valence-corrected chi connectivity index (χ2v) is 5.93.